The van der Waals surface area contributed by atoms with Crippen LogP contribution < -0.4 is 10.9 Å². The molecule has 6 heteroatoms. The molecule has 2 N–H and O–H groups in total. The van der Waals surface area contributed by atoms with Crippen molar-refractivity contribution >= 4 is 23.4 Å². The Labute approximate surface area is 110 Å². The van der Waals surface area contributed by atoms with Gasteiger partial charge in [0.1, 0.15) is 16.4 Å². The molecular formula is C12H17ClN2O3. The number of pyridine rings is 1. The molecule has 0 saturated heterocycles. The van der Waals surface area contributed by atoms with E-state index in [2.05, 4.69) is 10.3 Å². The Bertz CT molecular complexity index is 471. The summed E-state index contributed by atoms with van der Waals surface area (Å²) in [5, 5.41) is 2.87. The normalized spacial score (nSPS) is 10.2. The minimum absolute atomic E-state index is 0.0286. The van der Waals surface area contributed by atoms with Gasteiger partial charge in [-0.2, -0.15) is 0 Å². The van der Waals surface area contributed by atoms with Gasteiger partial charge in [-0.1, -0.05) is 24.9 Å². The number of anilines is 1. The molecule has 5 nitrogen and oxygen atoms in total. The van der Waals surface area contributed by atoms with Gasteiger partial charge in [-0.3, -0.25) is 4.79 Å². The molecule has 0 saturated carbocycles. The summed E-state index contributed by atoms with van der Waals surface area (Å²) in [6, 6.07) is 1.33. The lowest BCUT2D eigenvalue weighted by Gasteiger charge is -2.10. The van der Waals surface area contributed by atoms with E-state index in [4.69, 9.17) is 16.3 Å². The lowest BCUT2D eigenvalue weighted by molar-refractivity contribution is 0.0500. The van der Waals surface area contributed by atoms with E-state index in [9.17, 15) is 9.59 Å². The lowest BCUT2D eigenvalue weighted by atomic mass is 10.2. The fourth-order valence-corrected chi connectivity index (χ4v) is 1.53. The topological polar surface area (TPSA) is 71.2 Å². The first-order valence-electron chi connectivity index (χ1n) is 5.94. The van der Waals surface area contributed by atoms with Crippen LogP contribution in [0.1, 0.15) is 37.0 Å². The maximum atomic E-state index is 11.8. The maximum Gasteiger partial charge on any atom is 0.341 e. The Hall–Kier alpha value is -1.49. The van der Waals surface area contributed by atoms with Crippen molar-refractivity contribution in [1.82, 2.24) is 4.98 Å². The number of aromatic amines is 1. The van der Waals surface area contributed by atoms with Crippen LogP contribution >= 0.6 is 11.6 Å². The number of hydrogen-bond acceptors (Lipinski definition) is 4. The fourth-order valence-electron chi connectivity index (χ4n) is 1.37. The van der Waals surface area contributed by atoms with E-state index in [1.165, 1.54) is 6.07 Å². The number of carbonyl (C=O) groups excluding carboxylic acids is 1. The minimum Gasteiger partial charge on any atom is -0.462 e. The molecule has 0 atom stereocenters. The molecule has 0 aliphatic heterocycles. The van der Waals surface area contributed by atoms with Crippen molar-refractivity contribution in [3.05, 3.63) is 27.0 Å². The Kier molecular flexibility index (Phi) is 5.71. The molecule has 0 unspecified atom stereocenters. The van der Waals surface area contributed by atoms with E-state index >= 15 is 0 Å². The third-order valence-electron chi connectivity index (χ3n) is 2.30. The second kappa shape index (κ2) is 7.06. The van der Waals surface area contributed by atoms with Crippen molar-refractivity contribution in [2.24, 2.45) is 0 Å². The number of aromatic nitrogens is 1. The number of H-pyrrole nitrogens is 1. The molecule has 0 fully saturated rings. The van der Waals surface area contributed by atoms with Crippen LogP contribution in [0.15, 0.2) is 10.9 Å². The van der Waals surface area contributed by atoms with Crippen molar-refractivity contribution in [3.63, 3.8) is 0 Å². The van der Waals surface area contributed by atoms with E-state index in [0.717, 1.165) is 12.8 Å². The molecule has 0 aliphatic rings. The highest BCUT2D eigenvalue weighted by atomic mass is 35.5. The van der Waals surface area contributed by atoms with Gasteiger partial charge in [0.2, 0.25) is 0 Å². The summed E-state index contributed by atoms with van der Waals surface area (Å²) in [5.74, 6) is -0.147. The average molecular weight is 273 g/mol. The Morgan fingerprint density at radius 2 is 2.22 bits per heavy atom. The zero-order valence-corrected chi connectivity index (χ0v) is 11.3. The number of ether oxygens (including phenoxy) is 1. The zero-order valence-electron chi connectivity index (χ0n) is 10.5. The van der Waals surface area contributed by atoms with E-state index in [1.54, 1.807) is 0 Å². The van der Waals surface area contributed by atoms with Gasteiger partial charge < -0.3 is 15.0 Å². The first kappa shape index (κ1) is 14.6. The summed E-state index contributed by atoms with van der Waals surface area (Å²) in [7, 11) is 0. The van der Waals surface area contributed by atoms with Gasteiger partial charge in [-0.05, 0) is 19.4 Å². The molecule has 0 radical (unpaired) electrons. The number of rotatable bonds is 6. The van der Waals surface area contributed by atoms with Crippen LogP contribution in [-0.2, 0) is 4.74 Å². The predicted octanol–water partition coefficient (Wildman–Crippen LogP) is 2.42. The summed E-state index contributed by atoms with van der Waals surface area (Å²) in [6.45, 7) is 4.80. The first-order chi connectivity index (χ1) is 8.60. The SMILES string of the molecule is CCCCOC(=O)c1cc(Cl)c(=O)[nH]c1NCC. The minimum atomic E-state index is -0.488. The van der Waals surface area contributed by atoms with E-state index < -0.39 is 11.5 Å². The standard InChI is InChI=1S/C12H17ClN2O3/c1-3-5-6-18-12(17)8-7-9(13)11(16)15-10(8)14-4-2/h7H,3-6H2,1-2H3,(H2,14,15,16). The third kappa shape index (κ3) is 3.77. The molecule has 1 heterocycles. The second-order valence-electron chi connectivity index (χ2n) is 3.75. The molecule has 0 amide bonds. The van der Waals surface area contributed by atoms with Gasteiger partial charge >= 0.3 is 5.97 Å². The lowest BCUT2D eigenvalue weighted by Crippen LogP contribution is -2.17. The van der Waals surface area contributed by atoms with Gasteiger partial charge in [0.15, 0.2) is 0 Å². The number of nitrogens with one attached hydrogen (secondary N) is 2. The van der Waals surface area contributed by atoms with Gasteiger partial charge in [-0.15, -0.1) is 0 Å². The molecule has 0 aromatic carbocycles. The number of hydrogen-bond donors (Lipinski definition) is 2. The van der Waals surface area contributed by atoms with E-state index in [0.29, 0.717) is 19.0 Å². The number of esters is 1. The first-order valence-corrected chi connectivity index (χ1v) is 6.31. The number of carbonyl (C=O) groups is 1. The second-order valence-corrected chi connectivity index (χ2v) is 4.16. The zero-order chi connectivity index (χ0) is 13.5. The van der Waals surface area contributed by atoms with Crippen LogP contribution in [0.25, 0.3) is 0 Å². The highest BCUT2D eigenvalue weighted by Crippen LogP contribution is 2.15. The van der Waals surface area contributed by atoms with Crippen LogP contribution in [0.5, 0.6) is 0 Å². The van der Waals surface area contributed by atoms with Gasteiger partial charge in [0.25, 0.3) is 5.56 Å². The monoisotopic (exact) mass is 272 g/mol. The molecule has 1 rings (SSSR count). The van der Waals surface area contributed by atoms with Crippen molar-refractivity contribution in [1.29, 1.82) is 0 Å². The van der Waals surface area contributed by atoms with Crippen LogP contribution in [0.2, 0.25) is 5.02 Å². The molecule has 18 heavy (non-hydrogen) atoms. The molecule has 0 spiro atoms. The summed E-state index contributed by atoms with van der Waals surface area (Å²) in [6.07, 6.45) is 1.75. The van der Waals surface area contributed by atoms with Crippen molar-refractivity contribution in [2.45, 2.75) is 26.7 Å². The number of unbranched alkanes of at least 4 members (excludes halogenated alkanes) is 1. The molecule has 100 valence electrons. The molecule has 0 aliphatic carbocycles. The maximum absolute atomic E-state index is 11.8. The van der Waals surface area contributed by atoms with Crippen LogP contribution in [0.4, 0.5) is 5.82 Å². The van der Waals surface area contributed by atoms with Crippen molar-refractivity contribution in [2.75, 3.05) is 18.5 Å². The summed E-state index contributed by atoms with van der Waals surface area (Å²) in [4.78, 5) is 25.7. The Morgan fingerprint density at radius 3 is 2.83 bits per heavy atom. The van der Waals surface area contributed by atoms with Crippen molar-refractivity contribution < 1.29 is 9.53 Å². The predicted molar refractivity (Wildman–Crippen MR) is 71.4 cm³/mol. The average Bonchev–Trinajstić information content (AvgIpc) is 2.34. The Balaban J connectivity index is 2.94. The smallest absolute Gasteiger partial charge is 0.341 e. The van der Waals surface area contributed by atoms with Crippen LogP contribution in [0.3, 0.4) is 0 Å². The van der Waals surface area contributed by atoms with Gasteiger partial charge in [0.05, 0.1) is 6.61 Å². The third-order valence-corrected chi connectivity index (χ3v) is 2.58. The highest BCUT2D eigenvalue weighted by Gasteiger charge is 2.15. The molecular weight excluding hydrogens is 256 g/mol. The summed E-state index contributed by atoms with van der Waals surface area (Å²) >= 11 is 5.71. The molecule has 1 aromatic rings. The molecule has 1 aromatic heterocycles. The summed E-state index contributed by atoms with van der Waals surface area (Å²) in [5.41, 5.74) is -0.185. The van der Waals surface area contributed by atoms with Gasteiger partial charge in [-0.25, -0.2) is 4.79 Å². The van der Waals surface area contributed by atoms with Crippen molar-refractivity contribution in [3.8, 4) is 0 Å². The Morgan fingerprint density at radius 1 is 1.50 bits per heavy atom. The number of halogens is 1. The highest BCUT2D eigenvalue weighted by molar-refractivity contribution is 6.30. The van der Waals surface area contributed by atoms with E-state index in [1.807, 2.05) is 13.8 Å². The molecule has 0 bridgehead atoms. The van der Waals surface area contributed by atoms with E-state index in [-0.39, 0.29) is 10.6 Å². The largest absolute Gasteiger partial charge is 0.462 e. The van der Waals surface area contributed by atoms with Crippen LogP contribution in [0, 0.1) is 0 Å². The fraction of sp³-hybridized carbons (Fsp3) is 0.500. The summed E-state index contributed by atoms with van der Waals surface area (Å²) < 4.78 is 5.09. The quantitative estimate of drug-likeness (QED) is 0.616. The van der Waals surface area contributed by atoms with Crippen LogP contribution in [-0.4, -0.2) is 24.1 Å². The van der Waals surface area contributed by atoms with Gasteiger partial charge in [0, 0.05) is 6.54 Å².